The molecule has 2 rings (SSSR count). The van der Waals surface area contributed by atoms with E-state index in [9.17, 15) is 9.59 Å². The summed E-state index contributed by atoms with van der Waals surface area (Å²) in [7, 11) is 0. The van der Waals surface area contributed by atoms with Crippen LogP contribution in [0.4, 0.5) is 0 Å². The van der Waals surface area contributed by atoms with E-state index in [2.05, 4.69) is 4.98 Å². The van der Waals surface area contributed by atoms with E-state index >= 15 is 0 Å². The highest BCUT2D eigenvalue weighted by Gasteiger charge is 2.20. The largest absolute Gasteiger partial charge is 0.457 e. The lowest BCUT2D eigenvalue weighted by Gasteiger charge is -2.15. The molecule has 0 spiro atoms. The summed E-state index contributed by atoms with van der Waals surface area (Å²) in [4.78, 5) is 26.4. The number of hydrogen-bond acceptors (Lipinski definition) is 5. The van der Waals surface area contributed by atoms with E-state index in [0.29, 0.717) is 18.4 Å². The molecule has 1 N–H and O–H groups in total. The van der Waals surface area contributed by atoms with Gasteiger partial charge >= 0.3 is 11.9 Å². The van der Waals surface area contributed by atoms with E-state index in [4.69, 9.17) is 14.7 Å². The Morgan fingerprint density at radius 2 is 1.96 bits per heavy atom. The van der Waals surface area contributed by atoms with Crippen molar-refractivity contribution in [1.82, 2.24) is 4.98 Å². The van der Waals surface area contributed by atoms with Crippen LogP contribution < -0.4 is 0 Å². The molecule has 1 heterocycles. The van der Waals surface area contributed by atoms with Crippen LogP contribution in [0.2, 0.25) is 0 Å². The van der Waals surface area contributed by atoms with Gasteiger partial charge in [-0.3, -0.25) is 4.79 Å². The molecule has 1 aromatic carbocycles. The summed E-state index contributed by atoms with van der Waals surface area (Å²) >= 11 is 0. The Hall–Kier alpha value is -3.07. The molecule has 1 aromatic heterocycles. The summed E-state index contributed by atoms with van der Waals surface area (Å²) in [6, 6.07) is 13.1. The first-order valence-corrected chi connectivity index (χ1v) is 8.43. The molecule has 0 aliphatic rings. The normalized spacial score (nSPS) is 12.7. The van der Waals surface area contributed by atoms with Crippen LogP contribution in [0.1, 0.15) is 41.9 Å². The summed E-state index contributed by atoms with van der Waals surface area (Å²) in [5.41, 5.74) is 2.15. The van der Waals surface area contributed by atoms with Crippen molar-refractivity contribution in [2.24, 2.45) is 5.92 Å². The molecule has 0 saturated carbocycles. The number of nitriles is 1. The molecule has 0 saturated heterocycles. The van der Waals surface area contributed by atoms with Crippen LogP contribution in [-0.4, -0.2) is 23.0 Å². The van der Waals surface area contributed by atoms with Crippen molar-refractivity contribution in [3.8, 4) is 6.07 Å². The highest BCUT2D eigenvalue weighted by atomic mass is 16.5. The Labute approximate surface area is 152 Å². The molecule has 6 nitrogen and oxygen atoms in total. The lowest BCUT2D eigenvalue weighted by Crippen LogP contribution is -2.19. The maximum absolute atomic E-state index is 12.3. The smallest absolute Gasteiger partial charge is 0.340 e. The SMILES string of the molecule is CC(=O)OC(C#N)CC(C)Cc1[nH]ccc1C(=O)OCc1ccccc1. The third-order valence-corrected chi connectivity index (χ3v) is 3.89. The predicted octanol–water partition coefficient (Wildman–Crippen LogP) is 3.40. The van der Waals surface area contributed by atoms with Gasteiger partial charge in [0.15, 0.2) is 6.10 Å². The predicted molar refractivity (Wildman–Crippen MR) is 95.0 cm³/mol. The second-order valence-electron chi connectivity index (χ2n) is 6.20. The second kappa shape index (κ2) is 9.42. The van der Waals surface area contributed by atoms with E-state index < -0.39 is 18.0 Å². The van der Waals surface area contributed by atoms with Gasteiger partial charge in [-0.2, -0.15) is 5.26 Å². The molecule has 2 unspecified atom stereocenters. The molecule has 2 aromatic rings. The number of esters is 2. The van der Waals surface area contributed by atoms with Gasteiger partial charge in [0.2, 0.25) is 0 Å². The number of nitrogens with zero attached hydrogens (tertiary/aromatic N) is 1. The van der Waals surface area contributed by atoms with Crippen LogP contribution in [0.25, 0.3) is 0 Å². The Morgan fingerprint density at radius 1 is 1.23 bits per heavy atom. The van der Waals surface area contributed by atoms with Gasteiger partial charge in [0.25, 0.3) is 0 Å². The van der Waals surface area contributed by atoms with Crippen LogP contribution in [0.5, 0.6) is 0 Å². The Balaban J connectivity index is 1.93. The summed E-state index contributed by atoms with van der Waals surface area (Å²) in [5, 5.41) is 9.06. The Morgan fingerprint density at radius 3 is 2.62 bits per heavy atom. The summed E-state index contributed by atoms with van der Waals surface area (Å²) in [6.07, 6.45) is 1.84. The first-order chi connectivity index (χ1) is 12.5. The van der Waals surface area contributed by atoms with Crippen molar-refractivity contribution in [2.45, 2.75) is 39.4 Å². The van der Waals surface area contributed by atoms with E-state index in [1.807, 2.05) is 43.3 Å². The highest BCUT2D eigenvalue weighted by molar-refractivity contribution is 5.90. The van der Waals surface area contributed by atoms with Gasteiger partial charge in [0.05, 0.1) is 5.56 Å². The van der Waals surface area contributed by atoms with Crippen molar-refractivity contribution in [2.75, 3.05) is 0 Å². The zero-order chi connectivity index (χ0) is 18.9. The van der Waals surface area contributed by atoms with E-state index in [1.165, 1.54) is 6.92 Å². The standard InChI is InChI=1S/C20H22N2O4/c1-14(10-17(12-21)26-15(2)23)11-19-18(8-9-22-19)20(24)25-13-16-6-4-3-5-7-16/h3-9,14,17,22H,10-11,13H2,1-2H3. The third kappa shape index (κ3) is 5.78. The van der Waals surface area contributed by atoms with Crippen LogP contribution >= 0.6 is 0 Å². The van der Waals surface area contributed by atoms with Gasteiger partial charge in [-0.25, -0.2) is 4.79 Å². The van der Waals surface area contributed by atoms with E-state index in [-0.39, 0.29) is 12.5 Å². The zero-order valence-electron chi connectivity index (χ0n) is 14.9. The van der Waals surface area contributed by atoms with Crippen molar-refractivity contribution in [3.63, 3.8) is 0 Å². The van der Waals surface area contributed by atoms with E-state index in [0.717, 1.165) is 11.3 Å². The van der Waals surface area contributed by atoms with Crippen LogP contribution in [0, 0.1) is 17.2 Å². The van der Waals surface area contributed by atoms with Crippen molar-refractivity contribution in [3.05, 3.63) is 59.4 Å². The van der Waals surface area contributed by atoms with Crippen LogP contribution in [0.15, 0.2) is 42.6 Å². The van der Waals surface area contributed by atoms with Crippen LogP contribution in [0.3, 0.4) is 0 Å². The molecule has 0 radical (unpaired) electrons. The van der Waals surface area contributed by atoms with Gasteiger partial charge in [0.1, 0.15) is 12.7 Å². The number of ether oxygens (including phenoxy) is 2. The fourth-order valence-electron chi connectivity index (χ4n) is 2.69. The molecular formula is C20H22N2O4. The molecule has 2 atom stereocenters. The maximum atomic E-state index is 12.3. The molecule has 0 bridgehead atoms. The average molecular weight is 354 g/mol. The molecule has 136 valence electrons. The lowest BCUT2D eigenvalue weighted by molar-refractivity contribution is -0.144. The average Bonchev–Trinajstić information content (AvgIpc) is 3.07. The number of H-pyrrole nitrogens is 1. The fraction of sp³-hybridized carbons (Fsp3) is 0.350. The molecule has 0 fully saturated rings. The van der Waals surface area contributed by atoms with Gasteiger partial charge in [-0.05, 0) is 24.0 Å². The van der Waals surface area contributed by atoms with Crippen molar-refractivity contribution in [1.29, 1.82) is 5.26 Å². The number of benzene rings is 1. The quantitative estimate of drug-likeness (QED) is 0.734. The highest BCUT2D eigenvalue weighted by Crippen LogP contribution is 2.18. The minimum absolute atomic E-state index is 0.0401. The monoisotopic (exact) mass is 354 g/mol. The van der Waals surface area contributed by atoms with Gasteiger partial charge < -0.3 is 14.5 Å². The van der Waals surface area contributed by atoms with Crippen molar-refractivity contribution < 1.29 is 19.1 Å². The topological polar surface area (TPSA) is 92.2 Å². The van der Waals surface area contributed by atoms with E-state index in [1.54, 1.807) is 12.3 Å². The molecule has 26 heavy (non-hydrogen) atoms. The van der Waals surface area contributed by atoms with Gasteiger partial charge in [-0.15, -0.1) is 0 Å². The number of hydrogen-bond donors (Lipinski definition) is 1. The molecule has 6 heteroatoms. The third-order valence-electron chi connectivity index (χ3n) is 3.89. The summed E-state index contributed by atoms with van der Waals surface area (Å²) < 4.78 is 10.3. The molecular weight excluding hydrogens is 332 g/mol. The Bertz CT molecular complexity index is 777. The zero-order valence-corrected chi connectivity index (χ0v) is 14.9. The van der Waals surface area contributed by atoms with Gasteiger partial charge in [0, 0.05) is 25.2 Å². The maximum Gasteiger partial charge on any atom is 0.340 e. The van der Waals surface area contributed by atoms with Crippen LogP contribution in [-0.2, 0) is 27.3 Å². The number of nitrogens with one attached hydrogen (secondary N) is 1. The number of rotatable bonds is 8. The molecule has 0 amide bonds. The molecule has 0 aliphatic heterocycles. The Kier molecular flexibility index (Phi) is 6.98. The first kappa shape index (κ1) is 19.3. The number of aromatic nitrogens is 1. The fourth-order valence-corrected chi connectivity index (χ4v) is 2.69. The number of carbonyl (C=O) groups excluding carboxylic acids is 2. The minimum atomic E-state index is -0.786. The number of aromatic amines is 1. The van der Waals surface area contributed by atoms with Crippen molar-refractivity contribution >= 4 is 11.9 Å². The number of carbonyl (C=O) groups is 2. The lowest BCUT2D eigenvalue weighted by atomic mass is 9.97. The van der Waals surface area contributed by atoms with Gasteiger partial charge in [-0.1, -0.05) is 37.3 Å². The second-order valence-corrected chi connectivity index (χ2v) is 6.20. The molecule has 0 aliphatic carbocycles. The first-order valence-electron chi connectivity index (χ1n) is 8.43. The summed E-state index contributed by atoms with van der Waals surface area (Å²) in [5.74, 6) is -0.832. The minimum Gasteiger partial charge on any atom is -0.457 e. The summed E-state index contributed by atoms with van der Waals surface area (Å²) in [6.45, 7) is 3.43.